The second kappa shape index (κ2) is 6.82. The van der Waals surface area contributed by atoms with Gasteiger partial charge in [0.05, 0.1) is 10.6 Å². The van der Waals surface area contributed by atoms with Gasteiger partial charge < -0.3 is 5.11 Å². The third-order valence-corrected chi connectivity index (χ3v) is 4.30. The van der Waals surface area contributed by atoms with Crippen LogP contribution in [-0.2, 0) is 16.8 Å². The fourth-order valence-corrected chi connectivity index (χ4v) is 2.59. The van der Waals surface area contributed by atoms with Gasteiger partial charge in [0.1, 0.15) is 11.6 Å². The standard InChI is InChI=1S/C15H13FN4O4S/c1-3-20-14(21)12(8-17)9(2)13(15(20)22)19-18-10-4-6-11(7-5-10)25(16,23)24/h4-7,21H,3H2,1-2H3. The van der Waals surface area contributed by atoms with Crippen LogP contribution in [0.5, 0.6) is 5.88 Å². The predicted octanol–water partition coefficient (Wildman–Crippen LogP) is 2.83. The number of pyridine rings is 1. The molecular weight excluding hydrogens is 351 g/mol. The Labute approximate surface area is 142 Å². The molecule has 0 aliphatic carbocycles. The summed E-state index contributed by atoms with van der Waals surface area (Å²) in [6, 6.07) is 6.27. The number of rotatable bonds is 4. The van der Waals surface area contributed by atoms with Crippen LogP contribution < -0.4 is 5.56 Å². The number of hydrogen-bond donors (Lipinski definition) is 1. The van der Waals surface area contributed by atoms with E-state index in [4.69, 9.17) is 5.26 Å². The van der Waals surface area contributed by atoms with Crippen LogP contribution in [0.4, 0.5) is 15.3 Å². The van der Waals surface area contributed by atoms with Gasteiger partial charge in [-0.1, -0.05) is 0 Å². The van der Waals surface area contributed by atoms with Gasteiger partial charge in [0.25, 0.3) is 5.56 Å². The van der Waals surface area contributed by atoms with Crippen LogP contribution in [0.3, 0.4) is 0 Å². The zero-order valence-electron chi connectivity index (χ0n) is 13.3. The molecule has 0 radical (unpaired) electrons. The zero-order chi connectivity index (χ0) is 18.8. The van der Waals surface area contributed by atoms with Gasteiger partial charge in [0, 0.05) is 12.1 Å². The molecule has 1 aromatic heterocycles. The van der Waals surface area contributed by atoms with E-state index in [0.717, 1.165) is 16.7 Å². The lowest BCUT2D eigenvalue weighted by molar-refractivity contribution is 0.409. The van der Waals surface area contributed by atoms with Crippen molar-refractivity contribution in [2.75, 3.05) is 0 Å². The highest BCUT2D eigenvalue weighted by Gasteiger charge is 2.18. The Hall–Kier alpha value is -3.06. The van der Waals surface area contributed by atoms with Crippen LogP contribution in [0.25, 0.3) is 0 Å². The first-order chi connectivity index (χ1) is 11.7. The van der Waals surface area contributed by atoms with Crippen molar-refractivity contribution in [3.63, 3.8) is 0 Å². The van der Waals surface area contributed by atoms with Gasteiger partial charge in [-0.25, -0.2) is 0 Å². The van der Waals surface area contributed by atoms with Crippen LogP contribution in [0.15, 0.2) is 44.2 Å². The fourth-order valence-electron chi connectivity index (χ4n) is 2.13. The van der Waals surface area contributed by atoms with Crippen LogP contribution in [0.1, 0.15) is 18.1 Å². The molecule has 25 heavy (non-hydrogen) atoms. The third kappa shape index (κ3) is 3.56. The maximum atomic E-state index is 12.8. The Kier molecular flexibility index (Phi) is 4.99. The summed E-state index contributed by atoms with van der Waals surface area (Å²) in [6.07, 6.45) is 0. The fraction of sp³-hybridized carbons (Fsp3) is 0.200. The molecule has 1 aromatic carbocycles. The molecule has 130 valence electrons. The van der Waals surface area contributed by atoms with Crippen molar-refractivity contribution in [3.8, 4) is 11.9 Å². The Morgan fingerprint density at radius 3 is 2.36 bits per heavy atom. The smallest absolute Gasteiger partial charge is 0.332 e. The molecule has 1 N–H and O–H groups in total. The molecule has 2 rings (SSSR count). The Morgan fingerprint density at radius 1 is 1.28 bits per heavy atom. The van der Waals surface area contributed by atoms with E-state index in [2.05, 4.69) is 10.2 Å². The van der Waals surface area contributed by atoms with Gasteiger partial charge in [-0.05, 0) is 38.1 Å². The largest absolute Gasteiger partial charge is 0.493 e. The number of nitriles is 1. The van der Waals surface area contributed by atoms with Crippen molar-refractivity contribution in [1.82, 2.24) is 4.57 Å². The van der Waals surface area contributed by atoms with E-state index in [1.807, 2.05) is 6.07 Å². The number of aromatic hydroxyl groups is 1. The summed E-state index contributed by atoms with van der Waals surface area (Å²) < 4.78 is 35.4. The molecule has 2 aromatic rings. The molecule has 0 saturated carbocycles. The van der Waals surface area contributed by atoms with E-state index in [-0.39, 0.29) is 29.0 Å². The Morgan fingerprint density at radius 2 is 1.88 bits per heavy atom. The van der Waals surface area contributed by atoms with Crippen molar-refractivity contribution >= 4 is 21.6 Å². The average molecular weight is 364 g/mol. The summed E-state index contributed by atoms with van der Waals surface area (Å²) in [5, 5.41) is 26.7. The van der Waals surface area contributed by atoms with Gasteiger partial charge in [-0.15, -0.1) is 9.00 Å². The van der Waals surface area contributed by atoms with Crippen molar-refractivity contribution < 1.29 is 17.4 Å². The van der Waals surface area contributed by atoms with Crippen molar-refractivity contribution in [1.29, 1.82) is 5.26 Å². The molecule has 0 bridgehead atoms. The number of benzene rings is 1. The lowest BCUT2D eigenvalue weighted by atomic mass is 10.1. The van der Waals surface area contributed by atoms with Crippen molar-refractivity contribution in [3.05, 3.63) is 45.7 Å². The first-order valence-corrected chi connectivity index (χ1v) is 8.42. The minimum atomic E-state index is -4.81. The van der Waals surface area contributed by atoms with E-state index in [1.165, 1.54) is 19.1 Å². The topological polar surface area (TPSA) is 125 Å². The number of aromatic nitrogens is 1. The molecule has 10 heteroatoms. The monoisotopic (exact) mass is 364 g/mol. The van der Waals surface area contributed by atoms with Crippen molar-refractivity contribution in [2.24, 2.45) is 10.2 Å². The Balaban J connectivity index is 2.52. The minimum Gasteiger partial charge on any atom is -0.493 e. The molecule has 8 nitrogen and oxygen atoms in total. The number of hydrogen-bond acceptors (Lipinski definition) is 7. The molecule has 0 unspecified atom stereocenters. The summed E-state index contributed by atoms with van der Waals surface area (Å²) in [5.74, 6) is -0.441. The van der Waals surface area contributed by atoms with E-state index in [9.17, 15) is 22.2 Å². The zero-order valence-corrected chi connectivity index (χ0v) is 14.1. The lowest BCUT2D eigenvalue weighted by Gasteiger charge is -2.10. The van der Waals surface area contributed by atoms with Crippen LogP contribution in [-0.4, -0.2) is 18.1 Å². The maximum Gasteiger partial charge on any atom is 0.332 e. The molecule has 0 aliphatic rings. The van der Waals surface area contributed by atoms with Gasteiger partial charge in [0.2, 0.25) is 5.88 Å². The summed E-state index contributed by atoms with van der Waals surface area (Å²) >= 11 is 0. The summed E-state index contributed by atoms with van der Waals surface area (Å²) in [6.45, 7) is 3.20. The highest BCUT2D eigenvalue weighted by atomic mass is 32.3. The van der Waals surface area contributed by atoms with Gasteiger partial charge in [-0.2, -0.15) is 18.8 Å². The average Bonchev–Trinajstić information content (AvgIpc) is 2.55. The van der Waals surface area contributed by atoms with Crippen molar-refractivity contribution in [2.45, 2.75) is 25.3 Å². The second-order valence-electron chi connectivity index (χ2n) is 4.97. The normalized spacial score (nSPS) is 11.6. The molecular formula is C15H13FN4O4S. The number of azo groups is 1. The number of halogens is 1. The third-order valence-electron chi connectivity index (χ3n) is 3.47. The summed E-state index contributed by atoms with van der Waals surface area (Å²) in [7, 11) is -4.81. The molecule has 1 heterocycles. The molecule has 0 fully saturated rings. The van der Waals surface area contributed by atoms with E-state index >= 15 is 0 Å². The highest BCUT2D eigenvalue weighted by Crippen LogP contribution is 2.27. The highest BCUT2D eigenvalue weighted by molar-refractivity contribution is 7.86. The minimum absolute atomic E-state index is 0.0886. The van der Waals surface area contributed by atoms with Gasteiger partial charge in [-0.3, -0.25) is 9.36 Å². The lowest BCUT2D eigenvalue weighted by Crippen LogP contribution is -2.20. The molecule has 0 amide bonds. The molecule has 0 spiro atoms. The van der Waals surface area contributed by atoms with E-state index in [1.54, 1.807) is 6.92 Å². The van der Waals surface area contributed by atoms with Crippen LogP contribution >= 0.6 is 0 Å². The first kappa shape index (κ1) is 18.3. The first-order valence-electron chi connectivity index (χ1n) is 7.03. The predicted molar refractivity (Wildman–Crippen MR) is 86.4 cm³/mol. The molecule has 0 aliphatic heterocycles. The van der Waals surface area contributed by atoms with Gasteiger partial charge >= 0.3 is 10.2 Å². The van der Waals surface area contributed by atoms with Crippen LogP contribution in [0.2, 0.25) is 0 Å². The quantitative estimate of drug-likeness (QED) is 0.659. The van der Waals surface area contributed by atoms with Gasteiger partial charge in [0.15, 0.2) is 5.69 Å². The molecule has 0 atom stereocenters. The maximum absolute atomic E-state index is 12.8. The Bertz CT molecular complexity index is 1050. The van der Waals surface area contributed by atoms with Crippen LogP contribution in [0, 0.1) is 18.3 Å². The second-order valence-corrected chi connectivity index (χ2v) is 6.31. The summed E-state index contributed by atoms with van der Waals surface area (Å²) in [5.41, 5.74) is -0.488. The van der Waals surface area contributed by atoms with E-state index < -0.39 is 26.6 Å². The summed E-state index contributed by atoms with van der Waals surface area (Å²) in [4.78, 5) is 11.8. The SMILES string of the molecule is CCn1c(O)c(C#N)c(C)c(N=Nc2ccc(S(=O)(=O)F)cc2)c1=O. The molecule has 0 saturated heterocycles. The number of nitrogens with zero attached hydrogens (tertiary/aromatic N) is 4. The van der Waals surface area contributed by atoms with E-state index in [0.29, 0.717) is 0 Å².